The molecule has 0 aliphatic carbocycles. The first-order valence-electron chi connectivity index (χ1n) is 7.20. The summed E-state index contributed by atoms with van der Waals surface area (Å²) in [5.74, 6) is -2.39. The van der Waals surface area contributed by atoms with Gasteiger partial charge in [-0.05, 0) is 20.8 Å². The number of nitrogens with two attached hydrogens (primary N) is 1. The van der Waals surface area contributed by atoms with Crippen LogP contribution in [0.1, 0.15) is 27.2 Å². The van der Waals surface area contributed by atoms with Crippen molar-refractivity contribution in [3.05, 3.63) is 11.3 Å². The molecule has 2 unspecified atom stereocenters. The van der Waals surface area contributed by atoms with Gasteiger partial charge in [-0.15, -0.1) is 0 Å². The predicted octanol–water partition coefficient (Wildman–Crippen LogP) is -0.455. The van der Waals surface area contributed by atoms with Crippen molar-refractivity contribution in [2.45, 2.75) is 32.9 Å². The summed E-state index contributed by atoms with van der Waals surface area (Å²) >= 11 is 0. The lowest BCUT2D eigenvalue weighted by Gasteiger charge is -2.39. The number of esters is 3. The van der Waals surface area contributed by atoms with Crippen LogP contribution in [0, 0.1) is 5.41 Å². The number of allylic oxidation sites excluding steroid dienone is 1. The molecule has 0 aromatic rings. The van der Waals surface area contributed by atoms with E-state index in [1.807, 2.05) is 0 Å². The van der Waals surface area contributed by atoms with Gasteiger partial charge >= 0.3 is 23.9 Å². The summed E-state index contributed by atoms with van der Waals surface area (Å²) in [4.78, 5) is 48.4. The minimum atomic E-state index is -1.78. The Hall–Kier alpha value is -2.78. The maximum Gasteiger partial charge on any atom is 0.337 e. The minimum Gasteiger partial charge on any atom is -0.466 e. The van der Waals surface area contributed by atoms with Crippen molar-refractivity contribution in [2.24, 2.45) is 11.1 Å². The average molecular weight is 341 g/mol. The van der Waals surface area contributed by atoms with Crippen LogP contribution in [0.3, 0.4) is 0 Å². The molecule has 10 heteroatoms. The molecule has 0 aromatic heterocycles. The fraction of sp³-hybridized carbons (Fsp3) is 0.571. The van der Waals surface area contributed by atoms with Gasteiger partial charge in [-0.3, -0.25) is 9.59 Å². The number of hydrazine groups is 1. The average Bonchev–Trinajstić information content (AvgIpc) is 2.85. The Kier molecular flexibility index (Phi) is 4.17. The number of rotatable bonds is 4. The highest BCUT2D eigenvalue weighted by Crippen LogP contribution is 2.58. The SMILES string of the molecule is CCOC(=O)C12CC(=O)OC1(C)N(NC(N)=O)C(C)=C2C(=O)OC. The Bertz CT molecular complexity index is 659. The first-order valence-corrected chi connectivity index (χ1v) is 7.20. The molecule has 1 saturated heterocycles. The van der Waals surface area contributed by atoms with Crippen LogP contribution in [0.4, 0.5) is 4.79 Å². The number of nitrogens with one attached hydrogen (secondary N) is 1. The van der Waals surface area contributed by atoms with Crippen LogP contribution in [0.25, 0.3) is 0 Å². The van der Waals surface area contributed by atoms with Crippen molar-refractivity contribution in [3.8, 4) is 0 Å². The highest BCUT2D eigenvalue weighted by Gasteiger charge is 2.74. The van der Waals surface area contributed by atoms with Gasteiger partial charge in [0.25, 0.3) is 0 Å². The first kappa shape index (κ1) is 17.6. The van der Waals surface area contributed by atoms with Crippen LogP contribution in [-0.2, 0) is 28.6 Å². The predicted molar refractivity (Wildman–Crippen MR) is 77.5 cm³/mol. The molecule has 10 nitrogen and oxygen atoms in total. The maximum absolute atomic E-state index is 12.7. The molecule has 0 radical (unpaired) electrons. The van der Waals surface area contributed by atoms with E-state index < -0.39 is 41.5 Å². The van der Waals surface area contributed by atoms with E-state index in [0.29, 0.717) is 0 Å². The Labute approximate surface area is 137 Å². The van der Waals surface area contributed by atoms with Gasteiger partial charge in [0.15, 0.2) is 5.41 Å². The minimum absolute atomic E-state index is 0.0294. The number of amides is 2. The van der Waals surface area contributed by atoms with Gasteiger partial charge in [-0.2, -0.15) is 0 Å². The number of methoxy groups -OCH3 is 1. The second kappa shape index (κ2) is 5.69. The summed E-state index contributed by atoms with van der Waals surface area (Å²) in [6.07, 6.45) is -0.430. The van der Waals surface area contributed by atoms with Crippen molar-refractivity contribution in [1.29, 1.82) is 0 Å². The highest BCUT2D eigenvalue weighted by atomic mass is 16.6. The van der Waals surface area contributed by atoms with E-state index in [4.69, 9.17) is 19.9 Å². The Morgan fingerprint density at radius 3 is 2.54 bits per heavy atom. The topological polar surface area (TPSA) is 137 Å². The molecule has 24 heavy (non-hydrogen) atoms. The van der Waals surface area contributed by atoms with Crippen molar-refractivity contribution in [1.82, 2.24) is 10.4 Å². The molecular weight excluding hydrogens is 322 g/mol. The van der Waals surface area contributed by atoms with Gasteiger partial charge < -0.3 is 19.9 Å². The molecule has 0 saturated carbocycles. The molecule has 3 N–H and O–H groups in total. The number of fused-ring (bicyclic) bond motifs is 1. The van der Waals surface area contributed by atoms with Crippen molar-refractivity contribution in [3.63, 3.8) is 0 Å². The number of hydrogen-bond donors (Lipinski definition) is 2. The standard InChI is InChI=1S/C14H19N3O7/c1-5-23-11(20)14-6-8(18)24-13(14,3)17(16-12(15)21)7(2)9(14)10(19)22-4/h5-6H2,1-4H3,(H3,15,16,21). The number of primary amides is 1. The first-order chi connectivity index (χ1) is 11.2. The van der Waals surface area contributed by atoms with Gasteiger partial charge in [-0.1, -0.05) is 0 Å². The van der Waals surface area contributed by atoms with E-state index in [9.17, 15) is 19.2 Å². The second-order valence-electron chi connectivity index (χ2n) is 5.52. The third-order valence-electron chi connectivity index (χ3n) is 4.30. The zero-order valence-corrected chi connectivity index (χ0v) is 13.8. The number of ether oxygens (including phenoxy) is 3. The van der Waals surface area contributed by atoms with Gasteiger partial charge in [0, 0.05) is 5.70 Å². The lowest BCUT2D eigenvalue weighted by atomic mass is 9.73. The van der Waals surface area contributed by atoms with E-state index >= 15 is 0 Å². The number of carbonyl (C=O) groups is 4. The molecule has 0 bridgehead atoms. The number of urea groups is 1. The van der Waals surface area contributed by atoms with E-state index in [2.05, 4.69) is 5.43 Å². The smallest absolute Gasteiger partial charge is 0.337 e. The largest absolute Gasteiger partial charge is 0.466 e. The lowest BCUT2D eigenvalue weighted by Crippen LogP contribution is -2.61. The molecule has 1 fully saturated rings. The Balaban J connectivity index is 2.73. The van der Waals surface area contributed by atoms with Gasteiger partial charge in [-0.25, -0.2) is 20.0 Å². The van der Waals surface area contributed by atoms with Crippen LogP contribution in [0.2, 0.25) is 0 Å². The van der Waals surface area contributed by atoms with E-state index in [1.54, 1.807) is 6.92 Å². The molecule has 2 aliphatic rings. The molecule has 2 heterocycles. The summed E-state index contributed by atoms with van der Waals surface area (Å²) in [6, 6.07) is -0.956. The monoisotopic (exact) mass is 341 g/mol. The van der Waals surface area contributed by atoms with Crippen molar-refractivity contribution >= 4 is 23.9 Å². The zero-order valence-electron chi connectivity index (χ0n) is 13.8. The summed E-state index contributed by atoms with van der Waals surface area (Å²) < 4.78 is 15.2. The third kappa shape index (κ3) is 2.09. The van der Waals surface area contributed by atoms with Crippen LogP contribution >= 0.6 is 0 Å². The molecule has 2 rings (SSSR count). The molecule has 132 valence electrons. The van der Waals surface area contributed by atoms with Crippen LogP contribution in [0.15, 0.2) is 11.3 Å². The normalized spacial score (nSPS) is 28.3. The lowest BCUT2D eigenvalue weighted by molar-refractivity contribution is -0.185. The summed E-state index contributed by atoms with van der Waals surface area (Å²) in [6.45, 7) is 4.48. The molecule has 2 aliphatic heterocycles. The third-order valence-corrected chi connectivity index (χ3v) is 4.30. The summed E-state index contributed by atoms with van der Waals surface area (Å²) in [5, 5.41) is 1.09. The van der Waals surface area contributed by atoms with Gasteiger partial charge in [0.2, 0.25) is 5.72 Å². The number of hydrogen-bond acceptors (Lipinski definition) is 8. The Morgan fingerprint density at radius 2 is 2.04 bits per heavy atom. The van der Waals surface area contributed by atoms with Crippen LogP contribution < -0.4 is 11.2 Å². The molecule has 2 atom stereocenters. The quantitative estimate of drug-likeness (QED) is 0.518. The van der Waals surface area contributed by atoms with Crippen LogP contribution in [0.5, 0.6) is 0 Å². The summed E-state index contributed by atoms with van der Waals surface area (Å²) in [5.41, 5.74) is 3.99. The maximum atomic E-state index is 12.7. The molecule has 0 aromatic carbocycles. The Morgan fingerprint density at radius 1 is 1.42 bits per heavy atom. The number of carbonyl (C=O) groups excluding carboxylic acids is 4. The van der Waals surface area contributed by atoms with Crippen molar-refractivity contribution < 1.29 is 33.4 Å². The van der Waals surface area contributed by atoms with Crippen molar-refractivity contribution in [2.75, 3.05) is 13.7 Å². The number of nitrogens with zero attached hydrogens (tertiary/aromatic N) is 1. The molecule has 2 amide bonds. The van der Waals surface area contributed by atoms with E-state index in [1.165, 1.54) is 13.8 Å². The van der Waals surface area contributed by atoms with E-state index in [0.717, 1.165) is 12.1 Å². The fourth-order valence-corrected chi connectivity index (χ4v) is 3.37. The fourth-order valence-electron chi connectivity index (χ4n) is 3.37. The summed E-state index contributed by atoms with van der Waals surface area (Å²) in [7, 11) is 1.14. The second-order valence-corrected chi connectivity index (χ2v) is 5.52. The van der Waals surface area contributed by atoms with Gasteiger partial charge in [0.05, 0.1) is 25.7 Å². The molecule has 0 spiro atoms. The highest BCUT2D eigenvalue weighted by molar-refractivity contribution is 6.04. The zero-order chi connectivity index (χ0) is 18.3. The van der Waals surface area contributed by atoms with Crippen LogP contribution in [-0.4, -0.2) is 48.4 Å². The molecular formula is C14H19N3O7. The van der Waals surface area contributed by atoms with Gasteiger partial charge in [0.1, 0.15) is 0 Å². The van der Waals surface area contributed by atoms with E-state index in [-0.39, 0.29) is 17.9 Å².